The van der Waals surface area contributed by atoms with Crippen LogP contribution in [0, 0.1) is 28.7 Å². The van der Waals surface area contributed by atoms with E-state index in [2.05, 4.69) is 5.32 Å². The van der Waals surface area contributed by atoms with E-state index < -0.39 is 22.5 Å². The van der Waals surface area contributed by atoms with Crippen LogP contribution in [0.4, 0.5) is 20.2 Å². The molecular formula is C14H10F2N2O3. The molecule has 2 aromatic rings. The van der Waals surface area contributed by atoms with E-state index in [1.54, 1.807) is 0 Å². The summed E-state index contributed by atoms with van der Waals surface area (Å²) in [6.45, 7) is 1.53. The number of halogens is 2. The number of nitrogens with zero attached hydrogens (tertiary/aromatic N) is 1. The third-order valence-electron chi connectivity index (χ3n) is 2.83. The zero-order valence-corrected chi connectivity index (χ0v) is 10.9. The van der Waals surface area contributed by atoms with Crippen LogP contribution in [0.3, 0.4) is 0 Å². The number of amides is 1. The lowest BCUT2D eigenvalue weighted by Crippen LogP contribution is -2.12. The van der Waals surface area contributed by atoms with Gasteiger partial charge < -0.3 is 5.32 Å². The van der Waals surface area contributed by atoms with Gasteiger partial charge >= 0.3 is 0 Å². The van der Waals surface area contributed by atoms with Crippen molar-refractivity contribution in [2.24, 2.45) is 0 Å². The first kappa shape index (κ1) is 14.6. The molecule has 0 aliphatic rings. The van der Waals surface area contributed by atoms with Gasteiger partial charge in [-0.15, -0.1) is 0 Å². The molecule has 0 aliphatic heterocycles. The fourth-order valence-corrected chi connectivity index (χ4v) is 1.78. The third-order valence-corrected chi connectivity index (χ3v) is 2.83. The van der Waals surface area contributed by atoms with Crippen LogP contribution in [0.15, 0.2) is 36.4 Å². The lowest BCUT2D eigenvalue weighted by atomic mass is 10.1. The molecule has 5 nitrogen and oxygen atoms in total. The van der Waals surface area contributed by atoms with Crippen molar-refractivity contribution in [2.45, 2.75) is 6.92 Å². The molecule has 21 heavy (non-hydrogen) atoms. The molecule has 1 N–H and O–H groups in total. The highest BCUT2D eigenvalue weighted by Gasteiger charge is 2.13. The third kappa shape index (κ3) is 3.19. The highest BCUT2D eigenvalue weighted by atomic mass is 19.2. The highest BCUT2D eigenvalue weighted by Crippen LogP contribution is 2.22. The first-order valence-corrected chi connectivity index (χ1v) is 5.90. The molecule has 0 atom stereocenters. The van der Waals surface area contributed by atoms with Crippen molar-refractivity contribution in [1.29, 1.82) is 0 Å². The van der Waals surface area contributed by atoms with E-state index in [0.29, 0.717) is 11.3 Å². The van der Waals surface area contributed by atoms with Crippen molar-refractivity contribution >= 4 is 17.3 Å². The van der Waals surface area contributed by atoms with Crippen molar-refractivity contribution < 1.29 is 18.5 Å². The van der Waals surface area contributed by atoms with Crippen molar-refractivity contribution in [3.05, 3.63) is 69.3 Å². The molecule has 1 amide bonds. The lowest BCUT2D eigenvalue weighted by molar-refractivity contribution is -0.385. The SMILES string of the molecule is Cc1cc(NC(=O)c2ccc(F)c(F)c2)ccc1[N+](=O)[O-]. The summed E-state index contributed by atoms with van der Waals surface area (Å²) in [7, 11) is 0. The van der Waals surface area contributed by atoms with Gasteiger partial charge in [-0.2, -0.15) is 0 Å². The Morgan fingerprint density at radius 2 is 1.86 bits per heavy atom. The van der Waals surface area contributed by atoms with Gasteiger partial charge in [0.05, 0.1) is 4.92 Å². The van der Waals surface area contributed by atoms with E-state index in [4.69, 9.17) is 0 Å². The van der Waals surface area contributed by atoms with Crippen molar-refractivity contribution in [3.63, 3.8) is 0 Å². The van der Waals surface area contributed by atoms with Gasteiger partial charge in [0.15, 0.2) is 11.6 Å². The molecule has 0 fully saturated rings. The second-order valence-corrected chi connectivity index (χ2v) is 4.34. The minimum Gasteiger partial charge on any atom is -0.322 e. The number of hydrogen-bond acceptors (Lipinski definition) is 3. The summed E-state index contributed by atoms with van der Waals surface area (Å²) in [4.78, 5) is 22.0. The predicted octanol–water partition coefficient (Wildman–Crippen LogP) is 3.43. The van der Waals surface area contributed by atoms with Crippen molar-refractivity contribution in [1.82, 2.24) is 0 Å². The molecule has 0 saturated carbocycles. The number of carbonyl (C=O) groups excluding carboxylic acids is 1. The zero-order valence-electron chi connectivity index (χ0n) is 10.9. The number of carbonyl (C=O) groups is 1. The molecule has 7 heteroatoms. The summed E-state index contributed by atoms with van der Waals surface area (Å²) in [5.41, 5.74) is 0.585. The molecule has 2 rings (SSSR count). The van der Waals surface area contributed by atoms with Crippen LogP contribution in [0.25, 0.3) is 0 Å². The van der Waals surface area contributed by atoms with Gasteiger partial charge in [-0.05, 0) is 37.3 Å². The van der Waals surface area contributed by atoms with Gasteiger partial charge in [0.1, 0.15) is 0 Å². The molecule has 0 aliphatic carbocycles. The van der Waals surface area contributed by atoms with E-state index in [-0.39, 0.29) is 11.3 Å². The fraction of sp³-hybridized carbons (Fsp3) is 0.0714. The largest absolute Gasteiger partial charge is 0.322 e. The van der Waals surface area contributed by atoms with Crippen LogP contribution in [0.2, 0.25) is 0 Å². The fourth-order valence-electron chi connectivity index (χ4n) is 1.78. The Bertz CT molecular complexity index is 732. The predicted molar refractivity (Wildman–Crippen MR) is 72.1 cm³/mol. The number of nitro groups is 1. The molecule has 0 heterocycles. The molecule has 0 saturated heterocycles. The quantitative estimate of drug-likeness (QED) is 0.695. The van der Waals surface area contributed by atoms with Crippen molar-refractivity contribution in [2.75, 3.05) is 5.32 Å². The number of nitro benzene ring substituents is 1. The van der Waals surface area contributed by atoms with Crippen molar-refractivity contribution in [3.8, 4) is 0 Å². The minimum absolute atomic E-state index is 0.0510. The summed E-state index contributed by atoms with van der Waals surface area (Å²) in [5.74, 6) is -2.80. The van der Waals surface area contributed by atoms with E-state index in [0.717, 1.165) is 18.2 Å². The number of aryl methyl sites for hydroxylation is 1. The average molecular weight is 292 g/mol. The standard InChI is InChI=1S/C14H10F2N2O3/c1-8-6-10(3-5-13(8)18(20)21)17-14(19)9-2-4-11(15)12(16)7-9/h2-7H,1H3,(H,17,19). The zero-order chi connectivity index (χ0) is 15.6. The van der Waals surface area contributed by atoms with Crippen LogP contribution >= 0.6 is 0 Å². The Morgan fingerprint density at radius 1 is 1.14 bits per heavy atom. The van der Waals surface area contributed by atoms with E-state index >= 15 is 0 Å². The topological polar surface area (TPSA) is 72.2 Å². The van der Waals surface area contributed by atoms with Crippen LogP contribution in [0.5, 0.6) is 0 Å². The molecule has 2 aromatic carbocycles. The van der Waals surface area contributed by atoms with Crippen LogP contribution in [0.1, 0.15) is 15.9 Å². The van der Waals surface area contributed by atoms with Gasteiger partial charge in [-0.3, -0.25) is 14.9 Å². The Morgan fingerprint density at radius 3 is 2.43 bits per heavy atom. The number of anilines is 1. The molecular weight excluding hydrogens is 282 g/mol. The monoisotopic (exact) mass is 292 g/mol. The number of hydrogen-bond donors (Lipinski definition) is 1. The molecule has 0 radical (unpaired) electrons. The van der Waals surface area contributed by atoms with Gasteiger partial charge in [0, 0.05) is 22.9 Å². The smallest absolute Gasteiger partial charge is 0.272 e. The summed E-state index contributed by atoms with van der Waals surface area (Å²) in [6, 6.07) is 6.83. The van der Waals surface area contributed by atoms with E-state index in [9.17, 15) is 23.7 Å². The molecule has 0 bridgehead atoms. The number of rotatable bonds is 3. The maximum atomic E-state index is 13.1. The Hall–Kier alpha value is -2.83. The summed E-state index contributed by atoms with van der Waals surface area (Å²) in [5, 5.41) is 13.1. The summed E-state index contributed by atoms with van der Waals surface area (Å²) < 4.78 is 25.8. The number of benzene rings is 2. The second-order valence-electron chi connectivity index (χ2n) is 4.34. The van der Waals surface area contributed by atoms with Crippen LogP contribution < -0.4 is 5.32 Å². The normalized spacial score (nSPS) is 10.2. The maximum Gasteiger partial charge on any atom is 0.272 e. The first-order valence-electron chi connectivity index (χ1n) is 5.90. The highest BCUT2D eigenvalue weighted by molar-refractivity contribution is 6.04. The lowest BCUT2D eigenvalue weighted by Gasteiger charge is -2.07. The molecule has 0 spiro atoms. The Balaban J connectivity index is 2.21. The average Bonchev–Trinajstić information content (AvgIpc) is 2.41. The minimum atomic E-state index is -1.12. The van der Waals surface area contributed by atoms with E-state index in [1.807, 2.05) is 0 Å². The summed E-state index contributed by atoms with van der Waals surface area (Å²) >= 11 is 0. The van der Waals surface area contributed by atoms with Gasteiger partial charge in [0.2, 0.25) is 0 Å². The maximum absolute atomic E-state index is 13.1. The summed E-state index contributed by atoms with van der Waals surface area (Å²) in [6.07, 6.45) is 0. The van der Waals surface area contributed by atoms with Gasteiger partial charge in [-0.25, -0.2) is 8.78 Å². The van der Waals surface area contributed by atoms with Gasteiger partial charge in [-0.1, -0.05) is 0 Å². The van der Waals surface area contributed by atoms with Crippen LogP contribution in [-0.2, 0) is 0 Å². The van der Waals surface area contributed by atoms with Gasteiger partial charge in [0.25, 0.3) is 11.6 Å². The Kier molecular flexibility index (Phi) is 3.93. The molecule has 0 unspecified atom stereocenters. The van der Waals surface area contributed by atoms with E-state index in [1.165, 1.54) is 25.1 Å². The van der Waals surface area contributed by atoms with Crippen LogP contribution in [-0.4, -0.2) is 10.8 Å². The Labute approximate surface area is 118 Å². The number of nitrogens with one attached hydrogen (secondary N) is 1. The second kappa shape index (κ2) is 5.66. The first-order chi connectivity index (χ1) is 9.88. The molecule has 0 aromatic heterocycles. The molecule has 108 valence electrons.